The molecule has 0 heterocycles. The highest BCUT2D eigenvalue weighted by molar-refractivity contribution is 4.50. The van der Waals surface area contributed by atoms with Gasteiger partial charge in [0.2, 0.25) is 0 Å². The van der Waals surface area contributed by atoms with Crippen LogP contribution in [0.15, 0.2) is 0 Å². The molecule has 0 aromatic carbocycles. The summed E-state index contributed by atoms with van der Waals surface area (Å²) in [7, 11) is 0. The van der Waals surface area contributed by atoms with Crippen LogP contribution in [0.3, 0.4) is 0 Å². The monoisotopic (exact) mass is 186 g/mol. The van der Waals surface area contributed by atoms with Crippen LogP contribution in [0.2, 0.25) is 0 Å². The predicted octanol–water partition coefficient (Wildman–Crippen LogP) is 5.42. The summed E-state index contributed by atoms with van der Waals surface area (Å²) in [5.74, 6) is 0.955. The third-order valence-electron chi connectivity index (χ3n) is 2.50. The Bertz CT molecular complexity index is 66.4. The predicted molar refractivity (Wildman–Crippen MR) is 64.2 cm³/mol. The van der Waals surface area contributed by atoms with Gasteiger partial charge in [-0.1, -0.05) is 79.6 Å². The van der Waals surface area contributed by atoms with Gasteiger partial charge >= 0.3 is 0 Å². The van der Waals surface area contributed by atoms with Gasteiger partial charge in [-0.05, 0) is 5.92 Å². The topological polar surface area (TPSA) is 0 Å². The molecule has 13 heavy (non-hydrogen) atoms. The van der Waals surface area contributed by atoms with Crippen LogP contribution in [0.1, 0.15) is 79.6 Å². The molecule has 0 aliphatic carbocycles. The molecular weight excluding hydrogens is 156 g/mol. The fraction of sp³-hybridized carbons (Fsp3) is 1.00. The average Bonchev–Trinajstić information content (AvgIpc) is 2.20. The maximum Gasteiger partial charge on any atom is -0.0445 e. The van der Waals surface area contributed by atoms with Gasteiger partial charge in [0.1, 0.15) is 0 Å². The SMILES string of the molecule is CC.CCCCCCCC(C)CC. The van der Waals surface area contributed by atoms with E-state index in [4.69, 9.17) is 0 Å². The number of hydrogen-bond acceptors (Lipinski definition) is 0. The van der Waals surface area contributed by atoms with Crippen LogP contribution in [0.5, 0.6) is 0 Å². The van der Waals surface area contributed by atoms with Crippen LogP contribution in [0.4, 0.5) is 0 Å². The summed E-state index contributed by atoms with van der Waals surface area (Å²) < 4.78 is 0. The summed E-state index contributed by atoms with van der Waals surface area (Å²) >= 11 is 0. The van der Waals surface area contributed by atoms with Gasteiger partial charge in [0.05, 0.1) is 0 Å². The lowest BCUT2D eigenvalue weighted by atomic mass is 10.0. The highest BCUT2D eigenvalue weighted by Gasteiger charge is 1.97. The van der Waals surface area contributed by atoms with E-state index in [0.717, 1.165) is 5.92 Å². The molecule has 0 N–H and O–H groups in total. The van der Waals surface area contributed by atoms with Crippen LogP contribution < -0.4 is 0 Å². The molecule has 0 aromatic rings. The molecule has 0 aliphatic heterocycles. The zero-order valence-corrected chi connectivity index (χ0v) is 10.5. The lowest BCUT2D eigenvalue weighted by molar-refractivity contribution is 0.474. The number of unbranched alkanes of at least 4 members (excludes halogenated alkanes) is 4. The molecule has 1 atom stereocenters. The first-order valence-corrected chi connectivity index (χ1v) is 6.31. The van der Waals surface area contributed by atoms with Gasteiger partial charge < -0.3 is 0 Å². The summed E-state index contributed by atoms with van der Waals surface area (Å²) in [5.41, 5.74) is 0. The highest BCUT2D eigenvalue weighted by atomic mass is 14.0. The Morgan fingerprint density at radius 2 is 1.38 bits per heavy atom. The van der Waals surface area contributed by atoms with Crippen LogP contribution in [-0.2, 0) is 0 Å². The third-order valence-corrected chi connectivity index (χ3v) is 2.50. The van der Waals surface area contributed by atoms with Gasteiger partial charge in [-0.3, -0.25) is 0 Å². The number of rotatable bonds is 7. The highest BCUT2D eigenvalue weighted by Crippen LogP contribution is 2.13. The van der Waals surface area contributed by atoms with Gasteiger partial charge in [-0.25, -0.2) is 0 Å². The van der Waals surface area contributed by atoms with E-state index in [2.05, 4.69) is 20.8 Å². The molecule has 1 unspecified atom stereocenters. The fourth-order valence-corrected chi connectivity index (χ4v) is 1.30. The van der Waals surface area contributed by atoms with E-state index >= 15 is 0 Å². The first-order valence-electron chi connectivity index (χ1n) is 6.31. The molecule has 0 amide bonds. The van der Waals surface area contributed by atoms with Crippen LogP contribution in [-0.4, -0.2) is 0 Å². The Kier molecular flexibility index (Phi) is 17.3. The van der Waals surface area contributed by atoms with E-state index < -0.39 is 0 Å². The molecular formula is C13H30. The van der Waals surface area contributed by atoms with Gasteiger partial charge in [0.15, 0.2) is 0 Å². The van der Waals surface area contributed by atoms with Crippen molar-refractivity contribution >= 4 is 0 Å². The Labute approximate surface area is 86.1 Å². The first-order chi connectivity index (χ1) is 6.31. The van der Waals surface area contributed by atoms with Gasteiger partial charge in [-0.15, -0.1) is 0 Å². The fourth-order valence-electron chi connectivity index (χ4n) is 1.30. The van der Waals surface area contributed by atoms with E-state index in [1.165, 1.54) is 44.9 Å². The van der Waals surface area contributed by atoms with Crippen molar-refractivity contribution in [2.75, 3.05) is 0 Å². The molecule has 0 rings (SSSR count). The van der Waals surface area contributed by atoms with Crippen molar-refractivity contribution in [1.82, 2.24) is 0 Å². The summed E-state index contributed by atoms with van der Waals surface area (Å²) in [6, 6.07) is 0. The maximum atomic E-state index is 2.36. The van der Waals surface area contributed by atoms with Crippen molar-refractivity contribution in [3.8, 4) is 0 Å². The minimum atomic E-state index is 0.955. The number of hydrogen-bond donors (Lipinski definition) is 0. The van der Waals surface area contributed by atoms with Crippen molar-refractivity contribution < 1.29 is 0 Å². The normalized spacial score (nSPS) is 11.8. The van der Waals surface area contributed by atoms with E-state index in [9.17, 15) is 0 Å². The van der Waals surface area contributed by atoms with Crippen LogP contribution >= 0.6 is 0 Å². The van der Waals surface area contributed by atoms with Crippen LogP contribution in [0, 0.1) is 5.92 Å². The minimum Gasteiger partial charge on any atom is -0.0683 e. The largest absolute Gasteiger partial charge is 0.0683 e. The molecule has 0 aromatic heterocycles. The third kappa shape index (κ3) is 14.8. The average molecular weight is 186 g/mol. The Morgan fingerprint density at radius 1 is 0.846 bits per heavy atom. The van der Waals surface area contributed by atoms with E-state index in [1.54, 1.807) is 0 Å². The smallest absolute Gasteiger partial charge is 0.0445 e. The molecule has 0 spiro atoms. The molecule has 0 saturated heterocycles. The van der Waals surface area contributed by atoms with E-state index in [-0.39, 0.29) is 0 Å². The Morgan fingerprint density at radius 3 is 1.85 bits per heavy atom. The molecule has 0 heteroatoms. The van der Waals surface area contributed by atoms with E-state index in [0.29, 0.717) is 0 Å². The zero-order valence-electron chi connectivity index (χ0n) is 10.5. The first kappa shape index (κ1) is 15.5. The van der Waals surface area contributed by atoms with E-state index in [1.807, 2.05) is 13.8 Å². The lowest BCUT2D eigenvalue weighted by Gasteiger charge is -2.06. The second-order valence-corrected chi connectivity index (χ2v) is 3.72. The summed E-state index contributed by atoms with van der Waals surface area (Å²) in [6.45, 7) is 10.9. The molecule has 0 aliphatic rings. The van der Waals surface area contributed by atoms with Crippen molar-refractivity contribution in [2.45, 2.75) is 79.6 Å². The summed E-state index contributed by atoms with van der Waals surface area (Å²) in [4.78, 5) is 0. The quantitative estimate of drug-likeness (QED) is 0.466. The summed E-state index contributed by atoms with van der Waals surface area (Å²) in [5, 5.41) is 0. The molecule has 0 fully saturated rings. The molecule has 82 valence electrons. The lowest BCUT2D eigenvalue weighted by Crippen LogP contribution is -1.91. The maximum absolute atomic E-state index is 2.36. The van der Waals surface area contributed by atoms with Crippen molar-refractivity contribution in [3.63, 3.8) is 0 Å². The van der Waals surface area contributed by atoms with Gasteiger partial charge in [-0.2, -0.15) is 0 Å². The van der Waals surface area contributed by atoms with Crippen LogP contribution in [0.25, 0.3) is 0 Å². The van der Waals surface area contributed by atoms with Gasteiger partial charge in [0, 0.05) is 0 Å². The molecule has 0 nitrogen and oxygen atoms in total. The second-order valence-electron chi connectivity index (χ2n) is 3.72. The van der Waals surface area contributed by atoms with Crippen molar-refractivity contribution in [2.24, 2.45) is 5.92 Å². The molecule has 0 saturated carbocycles. The molecule has 0 bridgehead atoms. The standard InChI is InChI=1S/C11H24.C2H6/c1-4-6-7-8-9-10-11(3)5-2;1-2/h11H,4-10H2,1-3H3;1-2H3. The second kappa shape index (κ2) is 14.5. The minimum absolute atomic E-state index is 0.955. The molecule has 0 radical (unpaired) electrons. The Balaban J connectivity index is 0. The zero-order chi connectivity index (χ0) is 10.5. The van der Waals surface area contributed by atoms with Crippen molar-refractivity contribution in [3.05, 3.63) is 0 Å². The van der Waals surface area contributed by atoms with Crippen molar-refractivity contribution in [1.29, 1.82) is 0 Å². The van der Waals surface area contributed by atoms with Gasteiger partial charge in [0.25, 0.3) is 0 Å². The summed E-state index contributed by atoms with van der Waals surface area (Å²) in [6.07, 6.45) is 9.96. The Hall–Kier alpha value is 0.